The second-order valence-electron chi connectivity index (χ2n) is 6.42. The van der Waals surface area contributed by atoms with Gasteiger partial charge in [0.15, 0.2) is 0 Å². The largest absolute Gasteiger partial charge is 0.378 e. The molecule has 0 aliphatic heterocycles. The summed E-state index contributed by atoms with van der Waals surface area (Å²) < 4.78 is 0.843. The number of hydrogen-bond acceptors (Lipinski definition) is 1. The van der Waals surface area contributed by atoms with Gasteiger partial charge in [0.2, 0.25) is 0 Å². The Morgan fingerprint density at radius 3 is 1.52 bits per heavy atom. The summed E-state index contributed by atoms with van der Waals surface area (Å²) in [7, 11) is 10.6. The molecule has 2 rings (SSSR count). The lowest BCUT2D eigenvalue weighted by atomic mass is 10.1. The van der Waals surface area contributed by atoms with E-state index in [1.54, 1.807) is 0 Å². The molecule has 0 fully saturated rings. The Kier molecular flexibility index (Phi) is 4.49. The number of rotatable bonds is 4. The van der Waals surface area contributed by atoms with E-state index in [1.165, 1.54) is 22.5 Å². The second kappa shape index (κ2) is 6.15. The highest BCUT2D eigenvalue weighted by Gasteiger charge is 2.10. The average molecular weight is 281 g/mol. The van der Waals surface area contributed by atoms with Crippen molar-refractivity contribution in [2.45, 2.75) is 0 Å². The molecule has 0 radical (unpaired) electrons. The number of anilines is 1. The fourth-order valence-electron chi connectivity index (χ4n) is 2.11. The topological polar surface area (TPSA) is 3.24 Å². The van der Waals surface area contributed by atoms with E-state index in [-0.39, 0.29) is 0 Å². The van der Waals surface area contributed by atoms with E-state index in [2.05, 4.69) is 101 Å². The maximum absolute atomic E-state index is 2.19. The molecule has 0 spiro atoms. The zero-order valence-electron chi connectivity index (χ0n) is 13.7. The van der Waals surface area contributed by atoms with Crippen molar-refractivity contribution in [3.8, 4) is 0 Å². The minimum Gasteiger partial charge on any atom is -0.378 e. The third-order valence-corrected chi connectivity index (χ3v) is 3.55. The summed E-state index contributed by atoms with van der Waals surface area (Å²) in [4.78, 5) is 2.11. The van der Waals surface area contributed by atoms with Crippen LogP contribution in [0, 0.1) is 0 Å². The summed E-state index contributed by atoms with van der Waals surface area (Å²) in [5.41, 5.74) is 4.97. The number of hydrogen-bond donors (Lipinski definition) is 0. The van der Waals surface area contributed by atoms with Crippen molar-refractivity contribution in [3.05, 3.63) is 59.7 Å². The maximum Gasteiger partial charge on any atom is 0.132 e. The Morgan fingerprint density at radius 1 is 0.714 bits per heavy atom. The van der Waals surface area contributed by atoms with E-state index in [0.29, 0.717) is 0 Å². The van der Waals surface area contributed by atoms with Crippen LogP contribution < -0.4 is 9.38 Å². The van der Waals surface area contributed by atoms with Gasteiger partial charge < -0.3 is 4.90 Å². The zero-order chi connectivity index (χ0) is 15.5. The molecular formula is C19H25N2+. The quantitative estimate of drug-likeness (QED) is 0.602. The van der Waals surface area contributed by atoms with E-state index in [0.717, 1.165) is 4.48 Å². The minimum absolute atomic E-state index is 0.843. The van der Waals surface area contributed by atoms with Gasteiger partial charge in [-0.3, -0.25) is 4.48 Å². The molecule has 0 saturated carbocycles. The van der Waals surface area contributed by atoms with Gasteiger partial charge in [-0.25, -0.2) is 0 Å². The van der Waals surface area contributed by atoms with Crippen molar-refractivity contribution >= 4 is 23.5 Å². The van der Waals surface area contributed by atoms with Gasteiger partial charge in [0.1, 0.15) is 5.69 Å². The predicted molar refractivity (Wildman–Crippen MR) is 95.7 cm³/mol. The van der Waals surface area contributed by atoms with Crippen LogP contribution in [-0.4, -0.2) is 35.2 Å². The second-order valence-corrected chi connectivity index (χ2v) is 6.42. The molecular weight excluding hydrogens is 256 g/mol. The number of benzene rings is 2. The SMILES string of the molecule is CN(C)c1ccc(C=Cc2ccc([N+](C)(C)C)cc2)cc1. The van der Waals surface area contributed by atoms with Crippen molar-refractivity contribution in [2.75, 3.05) is 40.1 Å². The van der Waals surface area contributed by atoms with Crippen molar-refractivity contribution in [2.24, 2.45) is 0 Å². The van der Waals surface area contributed by atoms with Gasteiger partial charge >= 0.3 is 0 Å². The zero-order valence-corrected chi connectivity index (χ0v) is 13.7. The summed E-state index contributed by atoms with van der Waals surface area (Å²) in [5, 5.41) is 0. The van der Waals surface area contributed by atoms with Crippen LogP contribution >= 0.6 is 0 Å². The normalized spacial score (nSPS) is 11.9. The molecule has 110 valence electrons. The van der Waals surface area contributed by atoms with Crippen LogP contribution in [0.3, 0.4) is 0 Å². The van der Waals surface area contributed by atoms with Crippen molar-refractivity contribution in [1.29, 1.82) is 0 Å². The highest BCUT2D eigenvalue weighted by Crippen LogP contribution is 2.19. The van der Waals surface area contributed by atoms with Gasteiger partial charge in [-0.2, -0.15) is 0 Å². The van der Waals surface area contributed by atoms with Crippen molar-refractivity contribution < 1.29 is 0 Å². The van der Waals surface area contributed by atoms with Crippen LogP contribution in [0.2, 0.25) is 0 Å². The van der Waals surface area contributed by atoms with Crippen molar-refractivity contribution in [3.63, 3.8) is 0 Å². The molecule has 2 aromatic rings. The Hall–Kier alpha value is -2.06. The molecule has 0 N–H and O–H groups in total. The molecule has 0 aromatic heterocycles. The molecule has 2 heteroatoms. The van der Waals surface area contributed by atoms with Crippen LogP contribution in [0.25, 0.3) is 12.2 Å². The first-order valence-electron chi connectivity index (χ1n) is 7.24. The van der Waals surface area contributed by atoms with Crippen LogP contribution in [0.1, 0.15) is 11.1 Å². The molecule has 2 nitrogen and oxygen atoms in total. The van der Waals surface area contributed by atoms with Crippen LogP contribution in [0.5, 0.6) is 0 Å². The van der Waals surface area contributed by atoms with Crippen LogP contribution in [0.15, 0.2) is 48.5 Å². The summed E-state index contributed by atoms with van der Waals surface area (Å²) in [5.74, 6) is 0. The molecule has 0 atom stereocenters. The van der Waals surface area contributed by atoms with E-state index in [4.69, 9.17) is 0 Å². The molecule has 2 aromatic carbocycles. The summed E-state index contributed by atoms with van der Waals surface area (Å²) >= 11 is 0. The monoisotopic (exact) mass is 281 g/mol. The third-order valence-electron chi connectivity index (χ3n) is 3.55. The summed E-state index contributed by atoms with van der Waals surface area (Å²) in [6, 6.07) is 17.3. The average Bonchev–Trinajstić information content (AvgIpc) is 2.45. The lowest BCUT2D eigenvalue weighted by molar-refractivity contribution is 0.486. The molecule has 0 aliphatic rings. The highest BCUT2D eigenvalue weighted by atomic mass is 15.3. The first-order chi connectivity index (χ1) is 9.86. The van der Waals surface area contributed by atoms with Gasteiger partial charge in [0.05, 0.1) is 21.1 Å². The molecule has 0 saturated heterocycles. The lowest BCUT2D eigenvalue weighted by Crippen LogP contribution is -2.34. The molecule has 0 unspecified atom stereocenters. The molecule has 0 aliphatic carbocycles. The standard InChI is InChI=1S/C19H25N2/c1-20(2)18-12-8-16(9-13-18)6-7-17-10-14-19(15-11-17)21(3,4)5/h6-15H,1-5H3/q+1. The molecule has 0 bridgehead atoms. The maximum atomic E-state index is 2.19. The third kappa shape index (κ3) is 4.20. The van der Waals surface area contributed by atoms with Gasteiger partial charge in [0.25, 0.3) is 0 Å². The van der Waals surface area contributed by atoms with E-state index >= 15 is 0 Å². The van der Waals surface area contributed by atoms with E-state index in [1.807, 2.05) is 0 Å². The molecule has 21 heavy (non-hydrogen) atoms. The van der Waals surface area contributed by atoms with Crippen LogP contribution in [0.4, 0.5) is 11.4 Å². The molecule has 0 heterocycles. The minimum atomic E-state index is 0.843. The van der Waals surface area contributed by atoms with E-state index < -0.39 is 0 Å². The number of quaternary nitrogens is 1. The fourth-order valence-corrected chi connectivity index (χ4v) is 2.11. The molecule has 0 amide bonds. The lowest BCUT2D eigenvalue weighted by Gasteiger charge is -2.23. The number of nitrogens with zero attached hydrogens (tertiary/aromatic N) is 2. The first-order valence-corrected chi connectivity index (χ1v) is 7.24. The van der Waals surface area contributed by atoms with Crippen LogP contribution in [-0.2, 0) is 0 Å². The predicted octanol–water partition coefficient (Wildman–Crippen LogP) is 4.12. The smallest absolute Gasteiger partial charge is 0.132 e. The summed E-state index contributed by atoms with van der Waals surface area (Å²) in [6.07, 6.45) is 4.31. The fraction of sp³-hybridized carbons (Fsp3) is 0.263. The van der Waals surface area contributed by atoms with Crippen molar-refractivity contribution in [1.82, 2.24) is 4.48 Å². The summed E-state index contributed by atoms with van der Waals surface area (Å²) in [6.45, 7) is 0. The van der Waals surface area contributed by atoms with Gasteiger partial charge in [-0.1, -0.05) is 24.3 Å². The van der Waals surface area contributed by atoms with E-state index in [9.17, 15) is 0 Å². The van der Waals surface area contributed by atoms with Gasteiger partial charge in [-0.05, 0) is 47.5 Å². The highest BCUT2D eigenvalue weighted by molar-refractivity contribution is 5.71. The Balaban J connectivity index is 2.10. The Labute approximate surface area is 128 Å². The Morgan fingerprint density at radius 2 is 1.14 bits per heavy atom. The first kappa shape index (κ1) is 15.3. The Bertz CT molecular complexity index is 600. The van der Waals surface area contributed by atoms with Gasteiger partial charge in [-0.15, -0.1) is 0 Å². The van der Waals surface area contributed by atoms with Gasteiger partial charge in [0, 0.05) is 19.8 Å².